The van der Waals surface area contributed by atoms with E-state index in [0.29, 0.717) is 50.3 Å². The van der Waals surface area contributed by atoms with E-state index in [1.54, 1.807) is 17.0 Å². The first-order chi connectivity index (χ1) is 14.2. The lowest BCUT2D eigenvalue weighted by Crippen LogP contribution is -2.43. The Hall–Kier alpha value is -3.33. The SMILES string of the molecule is N#CCCCOc1cccc(NC(=O)C2CCCN2C(=O)Cc2ccccc2)c1. The van der Waals surface area contributed by atoms with Gasteiger partial charge in [-0.15, -0.1) is 0 Å². The molecule has 0 aromatic heterocycles. The van der Waals surface area contributed by atoms with Gasteiger partial charge in [-0.05, 0) is 37.0 Å². The molecule has 2 aromatic rings. The highest BCUT2D eigenvalue weighted by molar-refractivity contribution is 5.97. The van der Waals surface area contributed by atoms with Crippen LogP contribution in [0.15, 0.2) is 54.6 Å². The lowest BCUT2D eigenvalue weighted by Gasteiger charge is -2.24. The number of nitriles is 1. The molecule has 0 spiro atoms. The summed E-state index contributed by atoms with van der Waals surface area (Å²) >= 11 is 0. The Balaban J connectivity index is 1.58. The number of rotatable bonds is 8. The minimum Gasteiger partial charge on any atom is -0.493 e. The molecule has 150 valence electrons. The Morgan fingerprint density at radius 1 is 1.17 bits per heavy atom. The van der Waals surface area contributed by atoms with Gasteiger partial charge in [0.2, 0.25) is 11.8 Å². The van der Waals surface area contributed by atoms with E-state index < -0.39 is 6.04 Å². The minimum atomic E-state index is -0.452. The predicted molar refractivity (Wildman–Crippen MR) is 110 cm³/mol. The molecule has 2 aromatic carbocycles. The van der Waals surface area contributed by atoms with Crippen LogP contribution in [0.2, 0.25) is 0 Å². The van der Waals surface area contributed by atoms with E-state index in [2.05, 4.69) is 11.4 Å². The van der Waals surface area contributed by atoms with Crippen LogP contribution in [0.4, 0.5) is 5.69 Å². The van der Waals surface area contributed by atoms with Crippen molar-refractivity contribution in [1.29, 1.82) is 5.26 Å². The fourth-order valence-electron chi connectivity index (χ4n) is 3.44. The lowest BCUT2D eigenvalue weighted by atomic mass is 10.1. The van der Waals surface area contributed by atoms with Crippen molar-refractivity contribution < 1.29 is 14.3 Å². The number of carbonyl (C=O) groups is 2. The average Bonchev–Trinajstić information content (AvgIpc) is 3.23. The van der Waals surface area contributed by atoms with E-state index in [1.807, 2.05) is 42.5 Å². The van der Waals surface area contributed by atoms with Gasteiger partial charge in [-0.2, -0.15) is 5.26 Å². The standard InChI is InChI=1S/C23H25N3O3/c24-13-4-5-15-29-20-11-6-10-19(17-20)25-23(28)21-12-7-14-26(21)22(27)16-18-8-2-1-3-9-18/h1-3,6,8-11,17,21H,4-5,7,12,14-16H2,(H,25,28). The first-order valence-electron chi connectivity index (χ1n) is 9.91. The molecule has 6 nitrogen and oxygen atoms in total. The number of ether oxygens (including phenoxy) is 1. The summed E-state index contributed by atoms with van der Waals surface area (Å²) in [5.74, 6) is 0.443. The summed E-state index contributed by atoms with van der Waals surface area (Å²) in [5.41, 5.74) is 1.58. The number of carbonyl (C=O) groups excluding carboxylic acids is 2. The normalized spacial score (nSPS) is 15.6. The van der Waals surface area contributed by atoms with E-state index >= 15 is 0 Å². The molecule has 6 heteroatoms. The van der Waals surface area contributed by atoms with Gasteiger partial charge in [0.15, 0.2) is 0 Å². The summed E-state index contributed by atoms with van der Waals surface area (Å²) < 4.78 is 5.61. The number of anilines is 1. The third-order valence-corrected chi connectivity index (χ3v) is 4.88. The number of likely N-dealkylation sites (tertiary alicyclic amines) is 1. The highest BCUT2D eigenvalue weighted by Gasteiger charge is 2.33. The zero-order valence-electron chi connectivity index (χ0n) is 16.3. The highest BCUT2D eigenvalue weighted by atomic mass is 16.5. The van der Waals surface area contributed by atoms with Crippen LogP contribution in [0.3, 0.4) is 0 Å². The van der Waals surface area contributed by atoms with Gasteiger partial charge in [0.25, 0.3) is 0 Å². The van der Waals surface area contributed by atoms with Crippen LogP contribution >= 0.6 is 0 Å². The number of hydrogen-bond donors (Lipinski definition) is 1. The predicted octanol–water partition coefficient (Wildman–Crippen LogP) is 3.54. The summed E-state index contributed by atoms with van der Waals surface area (Å²) in [4.78, 5) is 27.2. The summed E-state index contributed by atoms with van der Waals surface area (Å²) in [5, 5.41) is 11.5. The van der Waals surface area contributed by atoms with E-state index in [-0.39, 0.29) is 11.8 Å². The Bertz CT molecular complexity index is 876. The fourth-order valence-corrected chi connectivity index (χ4v) is 3.44. The second-order valence-electron chi connectivity index (χ2n) is 7.03. The first kappa shape index (κ1) is 20.4. The molecule has 0 saturated carbocycles. The van der Waals surface area contributed by atoms with Gasteiger partial charge in [-0.1, -0.05) is 36.4 Å². The summed E-state index contributed by atoms with van der Waals surface area (Å²) in [6.07, 6.45) is 2.90. The second-order valence-corrected chi connectivity index (χ2v) is 7.03. The molecule has 1 heterocycles. The maximum absolute atomic E-state index is 12.8. The molecular weight excluding hydrogens is 366 g/mol. The minimum absolute atomic E-state index is 0.0246. The van der Waals surface area contributed by atoms with Crippen LogP contribution in [0.5, 0.6) is 5.75 Å². The van der Waals surface area contributed by atoms with Gasteiger partial charge in [0.1, 0.15) is 11.8 Å². The largest absolute Gasteiger partial charge is 0.493 e. The maximum atomic E-state index is 12.8. The number of unbranched alkanes of at least 4 members (excludes halogenated alkanes) is 1. The monoisotopic (exact) mass is 391 g/mol. The van der Waals surface area contributed by atoms with Crippen molar-refractivity contribution in [3.05, 3.63) is 60.2 Å². The van der Waals surface area contributed by atoms with Crippen LogP contribution in [-0.2, 0) is 16.0 Å². The number of benzene rings is 2. The van der Waals surface area contributed by atoms with Crippen molar-refractivity contribution >= 4 is 17.5 Å². The molecule has 1 unspecified atom stereocenters. The number of hydrogen-bond acceptors (Lipinski definition) is 4. The van der Waals surface area contributed by atoms with Gasteiger partial charge in [0, 0.05) is 24.7 Å². The van der Waals surface area contributed by atoms with Crippen LogP contribution in [0, 0.1) is 11.3 Å². The molecule has 1 fully saturated rings. The van der Waals surface area contributed by atoms with Crippen molar-refractivity contribution in [2.45, 2.75) is 38.1 Å². The smallest absolute Gasteiger partial charge is 0.247 e. The Labute approximate surface area is 171 Å². The van der Waals surface area contributed by atoms with Crippen LogP contribution in [0.25, 0.3) is 0 Å². The highest BCUT2D eigenvalue weighted by Crippen LogP contribution is 2.22. The van der Waals surface area contributed by atoms with Crippen molar-refractivity contribution in [1.82, 2.24) is 4.90 Å². The van der Waals surface area contributed by atoms with Gasteiger partial charge >= 0.3 is 0 Å². The third kappa shape index (κ3) is 5.82. The third-order valence-electron chi connectivity index (χ3n) is 4.88. The second kappa shape index (κ2) is 10.3. The number of nitrogens with zero attached hydrogens (tertiary/aromatic N) is 2. The van der Waals surface area contributed by atoms with E-state index in [1.165, 1.54) is 0 Å². The molecule has 1 N–H and O–H groups in total. The number of nitrogens with one attached hydrogen (secondary N) is 1. The molecule has 0 bridgehead atoms. The topological polar surface area (TPSA) is 82.4 Å². The van der Waals surface area contributed by atoms with Gasteiger partial charge in [-0.3, -0.25) is 9.59 Å². The molecule has 3 rings (SSSR count). The molecule has 1 saturated heterocycles. The molecule has 0 radical (unpaired) electrons. The zero-order chi connectivity index (χ0) is 20.5. The number of amides is 2. The Morgan fingerprint density at radius 3 is 2.79 bits per heavy atom. The maximum Gasteiger partial charge on any atom is 0.247 e. The quantitative estimate of drug-likeness (QED) is 0.698. The van der Waals surface area contributed by atoms with Gasteiger partial charge < -0.3 is 15.0 Å². The van der Waals surface area contributed by atoms with Crippen molar-refractivity contribution in [2.24, 2.45) is 0 Å². The summed E-state index contributed by atoms with van der Waals surface area (Å²) in [7, 11) is 0. The molecular formula is C23H25N3O3. The van der Waals surface area contributed by atoms with Crippen LogP contribution in [0.1, 0.15) is 31.2 Å². The zero-order valence-corrected chi connectivity index (χ0v) is 16.3. The summed E-state index contributed by atoms with van der Waals surface area (Å²) in [6.45, 7) is 1.06. The van der Waals surface area contributed by atoms with E-state index in [0.717, 1.165) is 12.0 Å². The average molecular weight is 391 g/mol. The lowest BCUT2D eigenvalue weighted by molar-refractivity contribution is -0.136. The van der Waals surface area contributed by atoms with Crippen molar-refractivity contribution in [2.75, 3.05) is 18.5 Å². The van der Waals surface area contributed by atoms with E-state index in [4.69, 9.17) is 10.00 Å². The molecule has 1 atom stereocenters. The molecule has 1 aliphatic heterocycles. The molecule has 0 aliphatic carbocycles. The Kier molecular flexibility index (Phi) is 7.23. The van der Waals surface area contributed by atoms with Crippen molar-refractivity contribution in [3.8, 4) is 11.8 Å². The van der Waals surface area contributed by atoms with Crippen LogP contribution < -0.4 is 10.1 Å². The molecule has 1 aliphatic rings. The fraction of sp³-hybridized carbons (Fsp3) is 0.348. The van der Waals surface area contributed by atoms with Crippen LogP contribution in [-0.4, -0.2) is 35.9 Å². The van der Waals surface area contributed by atoms with Gasteiger partial charge in [0.05, 0.1) is 19.1 Å². The molecule has 2 amide bonds. The van der Waals surface area contributed by atoms with Gasteiger partial charge in [-0.25, -0.2) is 0 Å². The van der Waals surface area contributed by atoms with Crippen molar-refractivity contribution in [3.63, 3.8) is 0 Å². The Morgan fingerprint density at radius 2 is 2.00 bits per heavy atom. The van der Waals surface area contributed by atoms with E-state index in [9.17, 15) is 9.59 Å². The first-order valence-corrected chi connectivity index (χ1v) is 9.91. The summed E-state index contributed by atoms with van der Waals surface area (Å²) in [6, 6.07) is 18.4. The molecule has 29 heavy (non-hydrogen) atoms.